The Labute approximate surface area is 191 Å². The van der Waals surface area contributed by atoms with Crippen molar-refractivity contribution in [3.8, 4) is 5.75 Å². The van der Waals surface area contributed by atoms with Crippen molar-refractivity contribution in [1.29, 1.82) is 0 Å². The lowest BCUT2D eigenvalue weighted by Gasteiger charge is -2.17. The highest BCUT2D eigenvalue weighted by atomic mass is 35.5. The Morgan fingerprint density at radius 3 is 2.44 bits per heavy atom. The quantitative estimate of drug-likeness (QED) is 0.198. The maximum Gasteiger partial charge on any atom is 0.338 e. The second-order valence-electron chi connectivity index (χ2n) is 7.11. The minimum absolute atomic E-state index is 0.142. The van der Waals surface area contributed by atoms with Gasteiger partial charge in [-0.3, -0.25) is 19.7 Å². The summed E-state index contributed by atoms with van der Waals surface area (Å²) >= 11 is 12.1. The average Bonchev–Trinajstić information content (AvgIpc) is 2.99. The van der Waals surface area contributed by atoms with Crippen LogP contribution in [0.5, 0.6) is 5.75 Å². The standard InChI is InChI=1S/C20H16Cl2N2O8/c1-20(2)31-16(19(27)32-20)10-17(25)30-15-8-3-11(21)9-14(15)18(26)23(22)12-4-6-13(7-5-12)24(28)29/h3-9,16H,10H2,1-2H3. The number of nitro groups is 1. The second-order valence-corrected chi connectivity index (χ2v) is 7.88. The number of esters is 2. The van der Waals surface area contributed by atoms with Crippen LogP contribution in [0.2, 0.25) is 5.02 Å². The van der Waals surface area contributed by atoms with Crippen molar-refractivity contribution >= 4 is 52.6 Å². The van der Waals surface area contributed by atoms with E-state index < -0.39 is 41.1 Å². The molecular formula is C20H16Cl2N2O8. The van der Waals surface area contributed by atoms with Gasteiger partial charge in [0.2, 0.25) is 5.79 Å². The Kier molecular flexibility index (Phi) is 6.68. The van der Waals surface area contributed by atoms with Crippen molar-refractivity contribution in [2.75, 3.05) is 4.42 Å². The van der Waals surface area contributed by atoms with Gasteiger partial charge in [0.1, 0.15) is 5.75 Å². The number of non-ortho nitro benzene ring substituents is 1. The minimum Gasteiger partial charge on any atom is -0.432 e. The van der Waals surface area contributed by atoms with Gasteiger partial charge < -0.3 is 14.2 Å². The van der Waals surface area contributed by atoms with Crippen LogP contribution in [0, 0.1) is 10.1 Å². The summed E-state index contributed by atoms with van der Waals surface area (Å²) in [6, 6.07) is 8.86. The lowest BCUT2D eigenvalue weighted by molar-refractivity contribution is -0.384. The number of ether oxygens (including phenoxy) is 3. The highest BCUT2D eigenvalue weighted by Crippen LogP contribution is 2.30. The summed E-state index contributed by atoms with van der Waals surface area (Å²) in [7, 11) is 0. The van der Waals surface area contributed by atoms with Crippen molar-refractivity contribution in [3.63, 3.8) is 0 Å². The molecule has 0 spiro atoms. The van der Waals surface area contributed by atoms with Crippen LogP contribution in [0.1, 0.15) is 30.6 Å². The summed E-state index contributed by atoms with van der Waals surface area (Å²) in [5.74, 6) is -3.67. The molecule has 0 N–H and O–H groups in total. The van der Waals surface area contributed by atoms with Crippen molar-refractivity contribution < 1.29 is 33.5 Å². The largest absolute Gasteiger partial charge is 0.432 e. The molecule has 0 aromatic heterocycles. The predicted molar refractivity (Wildman–Crippen MR) is 113 cm³/mol. The molecule has 1 atom stereocenters. The van der Waals surface area contributed by atoms with Gasteiger partial charge in [-0.1, -0.05) is 11.6 Å². The SMILES string of the molecule is CC1(C)OC(=O)C(CC(=O)Oc2ccc(Cl)cc2C(=O)N(Cl)c2ccc([N+](=O)[O-])cc2)O1. The van der Waals surface area contributed by atoms with Crippen molar-refractivity contribution in [3.05, 3.63) is 63.2 Å². The third kappa shape index (κ3) is 5.34. The van der Waals surface area contributed by atoms with Gasteiger partial charge in [0, 0.05) is 42.8 Å². The van der Waals surface area contributed by atoms with Gasteiger partial charge >= 0.3 is 11.9 Å². The molecule has 3 rings (SSSR count). The molecule has 1 aliphatic heterocycles. The van der Waals surface area contributed by atoms with Gasteiger partial charge in [-0.25, -0.2) is 9.21 Å². The van der Waals surface area contributed by atoms with Gasteiger partial charge in [-0.15, -0.1) is 0 Å². The first-order valence-electron chi connectivity index (χ1n) is 9.12. The fraction of sp³-hybridized carbons (Fsp3) is 0.250. The average molecular weight is 483 g/mol. The van der Waals surface area contributed by atoms with E-state index in [-0.39, 0.29) is 27.7 Å². The van der Waals surface area contributed by atoms with Gasteiger partial charge in [0.25, 0.3) is 11.6 Å². The molecule has 12 heteroatoms. The van der Waals surface area contributed by atoms with Crippen LogP contribution >= 0.6 is 23.4 Å². The van der Waals surface area contributed by atoms with Crippen LogP contribution < -0.4 is 9.16 Å². The molecule has 1 unspecified atom stereocenters. The van der Waals surface area contributed by atoms with E-state index in [1.54, 1.807) is 0 Å². The third-order valence-electron chi connectivity index (χ3n) is 4.25. The zero-order valence-electron chi connectivity index (χ0n) is 16.7. The molecule has 0 bridgehead atoms. The molecule has 1 amide bonds. The number of nitro benzene ring substituents is 1. The Morgan fingerprint density at radius 2 is 1.88 bits per heavy atom. The van der Waals surface area contributed by atoms with E-state index >= 15 is 0 Å². The molecule has 1 fully saturated rings. The van der Waals surface area contributed by atoms with Gasteiger partial charge in [-0.05, 0) is 30.3 Å². The van der Waals surface area contributed by atoms with Crippen LogP contribution in [0.15, 0.2) is 42.5 Å². The number of amides is 1. The number of carbonyl (C=O) groups excluding carboxylic acids is 3. The number of cyclic esters (lactones) is 1. The summed E-state index contributed by atoms with van der Waals surface area (Å²) in [6.45, 7) is 3.05. The van der Waals surface area contributed by atoms with E-state index in [9.17, 15) is 24.5 Å². The van der Waals surface area contributed by atoms with Crippen molar-refractivity contribution in [2.45, 2.75) is 32.2 Å². The van der Waals surface area contributed by atoms with Crippen molar-refractivity contribution in [2.24, 2.45) is 0 Å². The Hall–Kier alpha value is -3.21. The number of rotatable bonds is 6. The number of nitrogens with zero attached hydrogens (tertiary/aromatic N) is 2. The first-order valence-corrected chi connectivity index (χ1v) is 9.84. The Balaban J connectivity index is 1.78. The molecule has 32 heavy (non-hydrogen) atoms. The summed E-state index contributed by atoms with van der Waals surface area (Å²) in [6.07, 6.45) is -1.58. The van der Waals surface area contributed by atoms with Crippen LogP contribution in [0.25, 0.3) is 0 Å². The van der Waals surface area contributed by atoms with Gasteiger partial charge in [-0.2, -0.15) is 0 Å². The smallest absolute Gasteiger partial charge is 0.338 e. The molecular weight excluding hydrogens is 467 g/mol. The summed E-state index contributed by atoms with van der Waals surface area (Å²) < 4.78 is 16.3. The number of carbonyl (C=O) groups is 3. The van der Waals surface area contributed by atoms with Crippen LogP contribution in [0.3, 0.4) is 0 Å². The normalized spacial score (nSPS) is 16.9. The first kappa shape index (κ1) is 23.5. The molecule has 0 saturated carbocycles. The highest BCUT2D eigenvalue weighted by molar-refractivity contribution is 6.40. The fourth-order valence-electron chi connectivity index (χ4n) is 2.85. The lowest BCUT2D eigenvalue weighted by Crippen LogP contribution is -2.26. The van der Waals surface area contributed by atoms with E-state index in [4.69, 9.17) is 37.6 Å². The van der Waals surface area contributed by atoms with E-state index in [1.807, 2.05) is 0 Å². The van der Waals surface area contributed by atoms with Crippen LogP contribution in [0.4, 0.5) is 11.4 Å². The maximum atomic E-state index is 12.9. The van der Waals surface area contributed by atoms with E-state index in [0.29, 0.717) is 4.42 Å². The molecule has 1 saturated heterocycles. The van der Waals surface area contributed by atoms with Crippen LogP contribution in [-0.4, -0.2) is 34.7 Å². The lowest BCUT2D eigenvalue weighted by atomic mass is 10.1. The molecule has 1 aliphatic rings. The fourth-order valence-corrected chi connectivity index (χ4v) is 3.23. The number of hydrogen-bond donors (Lipinski definition) is 0. The Bertz CT molecular complexity index is 1090. The summed E-state index contributed by atoms with van der Waals surface area (Å²) in [4.78, 5) is 47.3. The third-order valence-corrected chi connectivity index (χ3v) is 4.83. The number of anilines is 1. The van der Waals surface area contributed by atoms with Crippen molar-refractivity contribution in [1.82, 2.24) is 0 Å². The number of benzene rings is 2. The van der Waals surface area contributed by atoms with Crippen LogP contribution in [-0.2, 0) is 19.1 Å². The number of halogens is 2. The summed E-state index contributed by atoms with van der Waals surface area (Å²) in [5.41, 5.74) is -0.183. The van der Waals surface area contributed by atoms with E-state index in [1.165, 1.54) is 56.3 Å². The first-order chi connectivity index (χ1) is 15.0. The zero-order chi connectivity index (χ0) is 23.6. The maximum absolute atomic E-state index is 12.9. The molecule has 168 valence electrons. The van der Waals surface area contributed by atoms with Gasteiger partial charge in [0.05, 0.1) is 22.6 Å². The Morgan fingerprint density at radius 1 is 1.22 bits per heavy atom. The molecule has 10 nitrogen and oxygen atoms in total. The van der Waals surface area contributed by atoms with E-state index in [2.05, 4.69) is 0 Å². The number of hydrogen-bond acceptors (Lipinski definition) is 8. The molecule has 2 aromatic carbocycles. The molecule has 2 aromatic rings. The molecule has 0 radical (unpaired) electrons. The van der Waals surface area contributed by atoms with E-state index in [0.717, 1.165) is 0 Å². The predicted octanol–water partition coefficient (Wildman–Crippen LogP) is 4.02. The van der Waals surface area contributed by atoms with Gasteiger partial charge in [0.15, 0.2) is 6.10 Å². The summed E-state index contributed by atoms with van der Waals surface area (Å²) in [5, 5.41) is 11.0. The molecule has 0 aliphatic carbocycles. The minimum atomic E-state index is -1.16. The zero-order valence-corrected chi connectivity index (χ0v) is 18.3. The molecule has 1 heterocycles. The second kappa shape index (κ2) is 9.11. The topological polar surface area (TPSA) is 125 Å². The monoisotopic (exact) mass is 482 g/mol. The highest BCUT2D eigenvalue weighted by Gasteiger charge is 2.42.